The normalized spacial score (nSPS) is 11.6. The highest BCUT2D eigenvalue weighted by molar-refractivity contribution is 7.89. The Balaban J connectivity index is 3.27. The average molecular weight is 221 g/mol. The summed E-state index contributed by atoms with van der Waals surface area (Å²) >= 11 is 5.74. The summed E-state index contributed by atoms with van der Waals surface area (Å²) in [5, 5.41) is 0.399. The second kappa shape index (κ2) is 3.63. The third kappa shape index (κ3) is 2.19. The van der Waals surface area contributed by atoms with Crippen molar-refractivity contribution in [2.45, 2.75) is 11.8 Å². The number of hydrazine groups is 1. The van der Waals surface area contributed by atoms with E-state index in [-0.39, 0.29) is 4.90 Å². The molecule has 1 rings (SSSR count). The van der Waals surface area contributed by atoms with Crippen molar-refractivity contribution in [3.63, 3.8) is 0 Å². The Hall–Kier alpha value is -0.620. The van der Waals surface area contributed by atoms with E-state index in [0.717, 1.165) is 5.56 Å². The van der Waals surface area contributed by atoms with Crippen LogP contribution in [0.4, 0.5) is 0 Å². The summed E-state index contributed by atoms with van der Waals surface area (Å²) < 4.78 is 22.3. The zero-order chi connectivity index (χ0) is 10.1. The van der Waals surface area contributed by atoms with Gasteiger partial charge in [0.15, 0.2) is 0 Å². The minimum absolute atomic E-state index is 0.0607. The first-order valence-corrected chi connectivity index (χ1v) is 5.32. The highest BCUT2D eigenvalue weighted by Gasteiger charge is 2.12. The number of hydrogen-bond donors (Lipinski definition) is 2. The number of nitrogens with two attached hydrogens (primary N) is 1. The highest BCUT2D eigenvalue weighted by atomic mass is 35.5. The first-order valence-electron chi connectivity index (χ1n) is 3.46. The van der Waals surface area contributed by atoms with Crippen LogP contribution in [0, 0.1) is 6.92 Å². The lowest BCUT2D eigenvalue weighted by Crippen LogP contribution is -2.30. The van der Waals surface area contributed by atoms with Gasteiger partial charge < -0.3 is 0 Å². The average Bonchev–Trinajstić information content (AvgIpc) is 2.09. The third-order valence-corrected chi connectivity index (χ3v) is 3.20. The van der Waals surface area contributed by atoms with E-state index in [1.807, 2.05) is 0 Å². The fourth-order valence-electron chi connectivity index (χ4n) is 0.809. The fraction of sp³-hybridized carbons (Fsp3) is 0.143. The molecule has 1 aromatic rings. The lowest BCUT2D eigenvalue weighted by atomic mass is 10.2. The van der Waals surface area contributed by atoms with Crippen molar-refractivity contribution in [2.75, 3.05) is 0 Å². The first-order chi connectivity index (χ1) is 5.97. The smallest absolute Gasteiger partial charge is 0.253 e. The van der Waals surface area contributed by atoms with E-state index in [2.05, 4.69) is 0 Å². The molecule has 0 bridgehead atoms. The molecule has 1 aromatic carbocycles. The minimum Gasteiger partial charge on any atom is -0.257 e. The van der Waals surface area contributed by atoms with Gasteiger partial charge >= 0.3 is 0 Å². The molecule has 0 atom stereocenters. The highest BCUT2D eigenvalue weighted by Crippen LogP contribution is 2.19. The Morgan fingerprint density at radius 2 is 2.08 bits per heavy atom. The second-order valence-electron chi connectivity index (χ2n) is 2.53. The number of rotatable bonds is 2. The molecular formula is C7H9ClN2O2S. The van der Waals surface area contributed by atoms with Crippen molar-refractivity contribution < 1.29 is 8.42 Å². The van der Waals surface area contributed by atoms with E-state index in [0.29, 0.717) is 5.02 Å². The summed E-state index contributed by atoms with van der Waals surface area (Å²) in [5.41, 5.74) is 0.817. The van der Waals surface area contributed by atoms with Crippen LogP contribution in [0.1, 0.15) is 5.56 Å². The molecule has 4 nitrogen and oxygen atoms in total. The van der Waals surface area contributed by atoms with Crippen LogP contribution in [0.25, 0.3) is 0 Å². The van der Waals surface area contributed by atoms with Crippen molar-refractivity contribution in [3.05, 3.63) is 28.8 Å². The van der Waals surface area contributed by atoms with Gasteiger partial charge in [-0.3, -0.25) is 5.84 Å². The van der Waals surface area contributed by atoms with Crippen LogP contribution in [0.15, 0.2) is 23.1 Å². The van der Waals surface area contributed by atoms with Crippen molar-refractivity contribution in [1.82, 2.24) is 4.83 Å². The molecule has 0 fully saturated rings. The van der Waals surface area contributed by atoms with Crippen LogP contribution in [0.3, 0.4) is 0 Å². The topological polar surface area (TPSA) is 72.2 Å². The molecule has 0 aliphatic carbocycles. The molecule has 0 saturated carbocycles. The number of halogens is 1. The molecule has 13 heavy (non-hydrogen) atoms. The van der Waals surface area contributed by atoms with Crippen LogP contribution in [0.2, 0.25) is 5.02 Å². The van der Waals surface area contributed by atoms with Gasteiger partial charge in [-0.25, -0.2) is 8.42 Å². The van der Waals surface area contributed by atoms with Crippen LogP contribution < -0.4 is 10.7 Å². The zero-order valence-electron chi connectivity index (χ0n) is 6.91. The van der Waals surface area contributed by atoms with Gasteiger partial charge in [0.2, 0.25) is 0 Å². The number of benzene rings is 1. The van der Waals surface area contributed by atoms with E-state index in [4.69, 9.17) is 17.4 Å². The molecular weight excluding hydrogens is 212 g/mol. The van der Waals surface area contributed by atoms with Crippen LogP contribution in [0.5, 0.6) is 0 Å². The van der Waals surface area contributed by atoms with Gasteiger partial charge in [-0.1, -0.05) is 17.7 Å². The second-order valence-corrected chi connectivity index (χ2v) is 4.65. The molecule has 0 heterocycles. The lowest BCUT2D eigenvalue weighted by Gasteiger charge is -2.03. The largest absolute Gasteiger partial charge is 0.257 e. The molecule has 0 saturated heterocycles. The van der Waals surface area contributed by atoms with E-state index < -0.39 is 10.0 Å². The van der Waals surface area contributed by atoms with Gasteiger partial charge in [0, 0.05) is 5.02 Å². The van der Waals surface area contributed by atoms with Gasteiger partial charge in [0.05, 0.1) is 4.90 Å². The maximum atomic E-state index is 11.2. The summed E-state index contributed by atoms with van der Waals surface area (Å²) in [4.78, 5) is 1.78. The van der Waals surface area contributed by atoms with Gasteiger partial charge in [-0.05, 0) is 24.6 Å². The van der Waals surface area contributed by atoms with E-state index in [9.17, 15) is 8.42 Å². The molecule has 0 radical (unpaired) electrons. The molecule has 6 heteroatoms. The van der Waals surface area contributed by atoms with Gasteiger partial charge in [0.1, 0.15) is 0 Å². The monoisotopic (exact) mass is 220 g/mol. The van der Waals surface area contributed by atoms with Gasteiger partial charge in [0.25, 0.3) is 10.0 Å². The molecule has 0 aliphatic heterocycles. The molecule has 72 valence electrons. The molecule has 3 N–H and O–H groups in total. The lowest BCUT2D eigenvalue weighted by molar-refractivity contribution is 0.584. The number of hydrogen-bond acceptors (Lipinski definition) is 3. The van der Waals surface area contributed by atoms with Crippen molar-refractivity contribution in [1.29, 1.82) is 0 Å². The van der Waals surface area contributed by atoms with Crippen molar-refractivity contribution in [3.8, 4) is 0 Å². The standard InChI is InChI=1S/C7H9ClN2O2S/c1-5-2-3-6(4-7(5)8)13(11,12)10-9/h2-4,10H,9H2,1H3. The number of aryl methyl sites for hydroxylation is 1. The number of nitrogens with one attached hydrogen (secondary N) is 1. The van der Waals surface area contributed by atoms with E-state index in [1.54, 1.807) is 17.8 Å². The zero-order valence-corrected chi connectivity index (χ0v) is 8.48. The van der Waals surface area contributed by atoms with E-state index >= 15 is 0 Å². The Morgan fingerprint density at radius 1 is 1.46 bits per heavy atom. The van der Waals surface area contributed by atoms with Gasteiger partial charge in [-0.2, -0.15) is 4.83 Å². The molecule has 0 unspecified atom stereocenters. The Bertz CT molecular complexity index is 417. The van der Waals surface area contributed by atoms with Crippen LogP contribution in [-0.2, 0) is 10.0 Å². The molecule has 0 aliphatic rings. The first kappa shape index (κ1) is 10.5. The fourth-order valence-corrected chi connectivity index (χ4v) is 1.71. The minimum atomic E-state index is -3.59. The summed E-state index contributed by atoms with van der Waals surface area (Å²) in [5.74, 6) is 4.85. The Morgan fingerprint density at radius 3 is 2.54 bits per heavy atom. The third-order valence-electron chi connectivity index (χ3n) is 1.61. The Labute approximate surface area is 81.7 Å². The van der Waals surface area contributed by atoms with Crippen molar-refractivity contribution in [2.24, 2.45) is 5.84 Å². The van der Waals surface area contributed by atoms with Gasteiger partial charge in [-0.15, -0.1) is 0 Å². The van der Waals surface area contributed by atoms with Crippen LogP contribution in [-0.4, -0.2) is 8.42 Å². The molecule has 0 aromatic heterocycles. The summed E-state index contributed by atoms with van der Waals surface area (Å²) in [6, 6.07) is 4.41. The summed E-state index contributed by atoms with van der Waals surface area (Å²) in [7, 11) is -3.59. The SMILES string of the molecule is Cc1ccc(S(=O)(=O)NN)cc1Cl. The molecule has 0 amide bonds. The quantitative estimate of drug-likeness (QED) is 0.572. The van der Waals surface area contributed by atoms with Crippen LogP contribution >= 0.6 is 11.6 Å². The maximum Gasteiger partial charge on any atom is 0.253 e. The summed E-state index contributed by atoms with van der Waals surface area (Å²) in [6.07, 6.45) is 0. The number of sulfonamides is 1. The Kier molecular flexibility index (Phi) is 2.92. The van der Waals surface area contributed by atoms with E-state index in [1.165, 1.54) is 12.1 Å². The summed E-state index contributed by atoms with van der Waals surface area (Å²) in [6.45, 7) is 1.79. The molecule has 0 spiro atoms. The predicted octanol–water partition coefficient (Wildman–Crippen LogP) is 0.800. The predicted molar refractivity (Wildman–Crippen MR) is 50.7 cm³/mol. The maximum absolute atomic E-state index is 11.2. The van der Waals surface area contributed by atoms with Crippen molar-refractivity contribution >= 4 is 21.6 Å².